The van der Waals surface area contributed by atoms with Crippen molar-refractivity contribution in [2.75, 3.05) is 0 Å². The lowest BCUT2D eigenvalue weighted by molar-refractivity contribution is -0.138. The number of aromatic nitrogens is 1. The molecule has 0 saturated heterocycles. The number of hydrogen-bond donors (Lipinski definition) is 0. The van der Waals surface area contributed by atoms with Crippen LogP contribution >= 0.6 is 0 Å². The maximum absolute atomic E-state index is 12.6. The van der Waals surface area contributed by atoms with Crippen molar-refractivity contribution in [1.82, 2.24) is 4.98 Å². The second kappa shape index (κ2) is 4.16. The summed E-state index contributed by atoms with van der Waals surface area (Å²) in [5, 5.41) is 0. The van der Waals surface area contributed by atoms with Gasteiger partial charge in [0.2, 0.25) is 5.95 Å². The minimum atomic E-state index is -4.52. The molecule has 0 aliphatic heterocycles. The average Bonchev–Trinajstić information content (AvgIpc) is 2.05. The van der Waals surface area contributed by atoms with Crippen LogP contribution < -0.4 is 0 Å². The molecule has 1 nitrogen and oxygen atoms in total. The molecule has 1 rings (SSSR count). The van der Waals surface area contributed by atoms with E-state index in [0.29, 0.717) is 6.07 Å². The quantitative estimate of drug-likeness (QED) is 0.550. The predicted molar refractivity (Wildman–Crippen MR) is 47.7 cm³/mol. The van der Waals surface area contributed by atoms with Gasteiger partial charge in [-0.05, 0) is 17.9 Å². The van der Waals surface area contributed by atoms with Gasteiger partial charge in [-0.25, -0.2) is 4.98 Å². The lowest BCUT2D eigenvalue weighted by atomic mass is 10.00. The molecule has 0 saturated carbocycles. The summed E-state index contributed by atoms with van der Waals surface area (Å²) in [5.74, 6) is -1.03. The van der Waals surface area contributed by atoms with Gasteiger partial charge in [0.25, 0.3) is 0 Å². The third kappa shape index (κ3) is 3.18. The summed E-state index contributed by atoms with van der Waals surface area (Å²) >= 11 is 0. The highest BCUT2D eigenvalue weighted by Crippen LogP contribution is 2.32. The summed E-state index contributed by atoms with van der Waals surface area (Å²) in [5.41, 5.74) is -0.886. The van der Waals surface area contributed by atoms with Crippen LogP contribution in [0.1, 0.15) is 25.0 Å². The van der Waals surface area contributed by atoms with Crippen LogP contribution in [0.5, 0.6) is 0 Å². The van der Waals surface area contributed by atoms with E-state index in [0.717, 1.165) is 6.20 Å². The van der Waals surface area contributed by atoms with E-state index >= 15 is 0 Å². The summed E-state index contributed by atoms with van der Waals surface area (Å²) in [4.78, 5) is 3.24. The van der Waals surface area contributed by atoms with E-state index in [-0.39, 0.29) is 17.9 Å². The summed E-state index contributed by atoms with van der Waals surface area (Å²) in [6.45, 7) is 3.59. The average molecular weight is 221 g/mol. The molecule has 5 heteroatoms. The lowest BCUT2D eigenvalue weighted by Gasteiger charge is -2.13. The Morgan fingerprint density at radius 1 is 1.33 bits per heavy atom. The zero-order valence-electron chi connectivity index (χ0n) is 8.40. The van der Waals surface area contributed by atoms with Crippen molar-refractivity contribution in [3.8, 4) is 0 Å². The van der Waals surface area contributed by atoms with Gasteiger partial charge in [-0.2, -0.15) is 17.6 Å². The SMILES string of the molecule is CC(C)Cc1cnc(F)cc1C(F)(F)F. The summed E-state index contributed by atoms with van der Waals surface area (Å²) in [6.07, 6.45) is -3.33. The number of pyridine rings is 1. The summed E-state index contributed by atoms with van der Waals surface area (Å²) < 4.78 is 50.1. The van der Waals surface area contributed by atoms with Gasteiger partial charge in [-0.1, -0.05) is 13.8 Å². The van der Waals surface area contributed by atoms with Crippen LogP contribution in [-0.2, 0) is 12.6 Å². The first-order valence-electron chi connectivity index (χ1n) is 4.52. The van der Waals surface area contributed by atoms with Gasteiger partial charge in [0.1, 0.15) is 0 Å². The topological polar surface area (TPSA) is 12.9 Å². The van der Waals surface area contributed by atoms with E-state index in [2.05, 4.69) is 4.98 Å². The fourth-order valence-electron chi connectivity index (χ4n) is 1.32. The number of nitrogens with zero attached hydrogens (tertiary/aromatic N) is 1. The smallest absolute Gasteiger partial charge is 0.228 e. The van der Waals surface area contributed by atoms with Crippen LogP contribution in [0, 0.1) is 11.9 Å². The van der Waals surface area contributed by atoms with E-state index in [1.165, 1.54) is 0 Å². The highest BCUT2D eigenvalue weighted by atomic mass is 19.4. The van der Waals surface area contributed by atoms with E-state index in [9.17, 15) is 17.6 Å². The van der Waals surface area contributed by atoms with Gasteiger partial charge in [0.15, 0.2) is 0 Å². The van der Waals surface area contributed by atoms with Crippen molar-refractivity contribution in [2.24, 2.45) is 5.92 Å². The lowest BCUT2D eigenvalue weighted by Crippen LogP contribution is -2.12. The van der Waals surface area contributed by atoms with Crippen LogP contribution in [0.25, 0.3) is 0 Å². The first-order chi connectivity index (χ1) is 6.80. The molecule has 0 N–H and O–H groups in total. The molecule has 1 aromatic heterocycles. The van der Waals surface area contributed by atoms with Crippen molar-refractivity contribution in [2.45, 2.75) is 26.4 Å². The minimum absolute atomic E-state index is 0.0406. The summed E-state index contributed by atoms with van der Waals surface area (Å²) in [6, 6.07) is 0.442. The highest BCUT2D eigenvalue weighted by molar-refractivity contribution is 5.27. The fraction of sp³-hybridized carbons (Fsp3) is 0.500. The Bertz CT molecular complexity index is 344. The Kier molecular flexibility index (Phi) is 3.31. The number of alkyl halides is 3. The largest absolute Gasteiger partial charge is 0.416 e. The highest BCUT2D eigenvalue weighted by Gasteiger charge is 2.34. The number of rotatable bonds is 2. The van der Waals surface area contributed by atoms with Gasteiger partial charge in [0.05, 0.1) is 5.56 Å². The predicted octanol–water partition coefficient (Wildman–Crippen LogP) is 3.44. The van der Waals surface area contributed by atoms with Crippen LogP contribution in [0.4, 0.5) is 17.6 Å². The van der Waals surface area contributed by atoms with Crippen molar-refractivity contribution >= 4 is 0 Å². The number of hydrogen-bond acceptors (Lipinski definition) is 1. The fourth-order valence-corrected chi connectivity index (χ4v) is 1.32. The van der Waals surface area contributed by atoms with E-state index in [4.69, 9.17) is 0 Å². The molecule has 0 bridgehead atoms. The van der Waals surface area contributed by atoms with Crippen LogP contribution in [0.2, 0.25) is 0 Å². The van der Waals surface area contributed by atoms with Crippen LogP contribution in [0.3, 0.4) is 0 Å². The second-order valence-electron chi connectivity index (χ2n) is 3.76. The molecule has 84 valence electrons. The molecule has 0 aliphatic carbocycles. The van der Waals surface area contributed by atoms with Crippen LogP contribution in [-0.4, -0.2) is 4.98 Å². The molecule has 0 unspecified atom stereocenters. The van der Waals surface area contributed by atoms with Gasteiger partial charge in [-0.3, -0.25) is 0 Å². The zero-order chi connectivity index (χ0) is 11.6. The Morgan fingerprint density at radius 2 is 1.93 bits per heavy atom. The minimum Gasteiger partial charge on any atom is -0.228 e. The first kappa shape index (κ1) is 11.9. The van der Waals surface area contributed by atoms with Crippen molar-refractivity contribution < 1.29 is 17.6 Å². The standard InChI is InChI=1S/C10H11F4N/c1-6(2)3-7-5-15-9(11)4-8(7)10(12,13)14/h4-6H,3H2,1-2H3. The maximum Gasteiger partial charge on any atom is 0.416 e. The molecule has 0 spiro atoms. The summed E-state index contributed by atoms with van der Waals surface area (Å²) in [7, 11) is 0. The van der Waals surface area contributed by atoms with Crippen molar-refractivity contribution in [1.29, 1.82) is 0 Å². The van der Waals surface area contributed by atoms with Crippen LogP contribution in [0.15, 0.2) is 12.3 Å². The molecule has 0 radical (unpaired) electrons. The number of halogens is 4. The van der Waals surface area contributed by atoms with Gasteiger partial charge in [-0.15, -0.1) is 0 Å². The molecule has 15 heavy (non-hydrogen) atoms. The van der Waals surface area contributed by atoms with Gasteiger partial charge < -0.3 is 0 Å². The van der Waals surface area contributed by atoms with Crippen molar-refractivity contribution in [3.05, 3.63) is 29.3 Å². The molecule has 0 amide bonds. The van der Waals surface area contributed by atoms with E-state index in [1.807, 2.05) is 0 Å². The van der Waals surface area contributed by atoms with E-state index < -0.39 is 17.7 Å². The zero-order valence-corrected chi connectivity index (χ0v) is 8.40. The monoisotopic (exact) mass is 221 g/mol. The third-order valence-electron chi connectivity index (χ3n) is 1.89. The van der Waals surface area contributed by atoms with Gasteiger partial charge >= 0.3 is 6.18 Å². The Balaban J connectivity index is 3.15. The molecule has 0 atom stereocenters. The second-order valence-corrected chi connectivity index (χ2v) is 3.76. The molecule has 1 aromatic rings. The molecule has 0 aromatic carbocycles. The Morgan fingerprint density at radius 3 is 2.40 bits per heavy atom. The Hall–Kier alpha value is -1.13. The molecule has 0 fully saturated rings. The maximum atomic E-state index is 12.6. The van der Waals surface area contributed by atoms with Crippen molar-refractivity contribution in [3.63, 3.8) is 0 Å². The normalized spacial score (nSPS) is 12.2. The Labute approximate surface area is 85.1 Å². The van der Waals surface area contributed by atoms with E-state index in [1.54, 1.807) is 13.8 Å². The van der Waals surface area contributed by atoms with Gasteiger partial charge in [0, 0.05) is 12.3 Å². The molecule has 1 heterocycles. The molecule has 0 aliphatic rings. The third-order valence-corrected chi connectivity index (χ3v) is 1.89. The molecular formula is C10H11F4N. The first-order valence-corrected chi connectivity index (χ1v) is 4.52. The molecular weight excluding hydrogens is 210 g/mol.